The van der Waals surface area contributed by atoms with Crippen molar-refractivity contribution in [2.24, 2.45) is 0 Å². The van der Waals surface area contributed by atoms with Gasteiger partial charge in [-0.1, -0.05) is 6.92 Å². The Bertz CT molecular complexity index is 744. The van der Waals surface area contributed by atoms with Crippen LogP contribution in [0.3, 0.4) is 0 Å². The highest BCUT2D eigenvalue weighted by Gasteiger charge is 2.35. The Balaban J connectivity index is 1.53. The molecule has 5 heteroatoms. The molecule has 130 valence electrons. The molecule has 1 aromatic carbocycles. The van der Waals surface area contributed by atoms with Gasteiger partial charge >= 0.3 is 0 Å². The maximum absolute atomic E-state index is 13.6. The molecule has 0 aliphatic carbocycles. The number of nitrogens with zero attached hydrogens (tertiary/aromatic N) is 2. The number of β-amino-alcohol motifs (C(OH)–C–C–N with tert-alkyl or cyclic N) is 1. The molecule has 0 saturated carbocycles. The zero-order valence-electron chi connectivity index (χ0n) is 14.3. The zero-order valence-corrected chi connectivity index (χ0v) is 14.3. The maximum Gasteiger partial charge on any atom is 0.123 e. The zero-order chi connectivity index (χ0) is 16.7. The summed E-state index contributed by atoms with van der Waals surface area (Å²) in [5.74, 6) is -0.189. The Kier molecular flexibility index (Phi) is 4.11. The number of aliphatic hydroxyl groups is 1. The van der Waals surface area contributed by atoms with Crippen molar-refractivity contribution in [3.8, 4) is 0 Å². The third-order valence-electron chi connectivity index (χ3n) is 5.62. The number of aromatic nitrogens is 1. The fourth-order valence-corrected chi connectivity index (χ4v) is 4.40. The Morgan fingerprint density at radius 3 is 3.00 bits per heavy atom. The molecule has 4 rings (SSSR count). The molecule has 1 saturated heterocycles. The predicted octanol–water partition coefficient (Wildman–Crippen LogP) is 2.51. The molecule has 2 aromatic rings. The van der Waals surface area contributed by atoms with Gasteiger partial charge in [-0.15, -0.1) is 0 Å². The first-order valence-electron chi connectivity index (χ1n) is 9.02. The average Bonchev–Trinajstić information content (AvgIpc) is 2.92. The number of benzene rings is 1. The fourth-order valence-electron chi connectivity index (χ4n) is 4.40. The van der Waals surface area contributed by atoms with E-state index in [9.17, 15) is 9.50 Å². The molecule has 0 bridgehead atoms. The van der Waals surface area contributed by atoms with Gasteiger partial charge in [0.25, 0.3) is 0 Å². The lowest BCUT2D eigenvalue weighted by Gasteiger charge is -2.42. The van der Waals surface area contributed by atoms with Crippen LogP contribution in [-0.4, -0.2) is 58.2 Å². The summed E-state index contributed by atoms with van der Waals surface area (Å²) in [5.41, 5.74) is 2.81. The highest BCUT2D eigenvalue weighted by atomic mass is 19.1. The van der Waals surface area contributed by atoms with Gasteiger partial charge in [0.15, 0.2) is 0 Å². The summed E-state index contributed by atoms with van der Waals surface area (Å²) >= 11 is 0. The van der Waals surface area contributed by atoms with Gasteiger partial charge < -0.3 is 15.0 Å². The fraction of sp³-hybridized carbons (Fsp3) is 0.579. The average molecular weight is 331 g/mol. The standard InChI is InChI=1S/C19H26FN3O/c1-2-22-8-3-7-19(24,12-22)13-23-9-6-18-16(11-23)15-10-14(20)4-5-17(15)21-18/h4-5,10,21,24H,2-3,6-9,11-13H2,1H3/t19-/m1/s1. The molecule has 2 aliphatic heterocycles. The molecule has 0 amide bonds. The third-order valence-corrected chi connectivity index (χ3v) is 5.62. The van der Waals surface area contributed by atoms with E-state index in [1.54, 1.807) is 6.07 Å². The van der Waals surface area contributed by atoms with Gasteiger partial charge in [0.05, 0.1) is 5.60 Å². The Morgan fingerprint density at radius 1 is 1.29 bits per heavy atom. The minimum absolute atomic E-state index is 0.189. The summed E-state index contributed by atoms with van der Waals surface area (Å²) < 4.78 is 13.6. The van der Waals surface area contributed by atoms with Crippen molar-refractivity contribution in [1.29, 1.82) is 0 Å². The molecule has 0 radical (unpaired) electrons. The van der Waals surface area contributed by atoms with Gasteiger partial charge in [0, 0.05) is 49.2 Å². The number of rotatable bonds is 3. The van der Waals surface area contributed by atoms with Crippen molar-refractivity contribution < 1.29 is 9.50 Å². The van der Waals surface area contributed by atoms with E-state index < -0.39 is 5.60 Å². The first kappa shape index (κ1) is 16.1. The van der Waals surface area contributed by atoms with E-state index in [0.717, 1.165) is 62.9 Å². The van der Waals surface area contributed by atoms with Crippen molar-refractivity contribution in [1.82, 2.24) is 14.8 Å². The number of H-pyrrole nitrogens is 1. The third kappa shape index (κ3) is 2.96. The van der Waals surface area contributed by atoms with Crippen LogP contribution in [-0.2, 0) is 13.0 Å². The molecule has 0 unspecified atom stereocenters. The van der Waals surface area contributed by atoms with Gasteiger partial charge in [-0.05, 0) is 49.7 Å². The minimum Gasteiger partial charge on any atom is -0.387 e. The number of halogens is 1. The van der Waals surface area contributed by atoms with Crippen molar-refractivity contribution in [3.05, 3.63) is 35.3 Å². The second-order valence-corrected chi connectivity index (χ2v) is 7.43. The summed E-state index contributed by atoms with van der Waals surface area (Å²) in [6, 6.07) is 4.95. The van der Waals surface area contributed by atoms with E-state index in [2.05, 4.69) is 21.7 Å². The largest absolute Gasteiger partial charge is 0.387 e. The molecular formula is C19H26FN3O. The Labute approximate surface area is 142 Å². The lowest BCUT2D eigenvalue weighted by molar-refractivity contribution is -0.0543. The number of likely N-dealkylation sites (N-methyl/N-ethyl adjacent to an activating group) is 1. The molecule has 2 aliphatic rings. The summed E-state index contributed by atoms with van der Waals surface area (Å²) in [4.78, 5) is 8.10. The normalized spacial score (nSPS) is 26.0. The monoisotopic (exact) mass is 331 g/mol. The number of aromatic amines is 1. The highest BCUT2D eigenvalue weighted by Crippen LogP contribution is 2.30. The number of fused-ring (bicyclic) bond motifs is 3. The highest BCUT2D eigenvalue weighted by molar-refractivity contribution is 5.84. The summed E-state index contributed by atoms with van der Waals surface area (Å²) in [6.45, 7) is 7.42. The second kappa shape index (κ2) is 6.14. The van der Waals surface area contributed by atoms with E-state index in [1.165, 1.54) is 17.3 Å². The van der Waals surface area contributed by atoms with E-state index >= 15 is 0 Å². The molecule has 1 atom stereocenters. The SMILES string of the molecule is CCN1CCC[C@](O)(CN2CCc3[nH]c4ccc(F)cc4c3C2)C1. The van der Waals surface area contributed by atoms with E-state index in [1.807, 2.05) is 6.07 Å². The number of nitrogens with one attached hydrogen (secondary N) is 1. The van der Waals surface area contributed by atoms with Crippen LogP contribution in [0.4, 0.5) is 4.39 Å². The Hall–Kier alpha value is -1.43. The van der Waals surface area contributed by atoms with Crippen LogP contribution in [0, 0.1) is 5.82 Å². The molecule has 4 nitrogen and oxygen atoms in total. The van der Waals surface area contributed by atoms with Gasteiger partial charge in [-0.25, -0.2) is 4.39 Å². The maximum atomic E-state index is 13.6. The van der Waals surface area contributed by atoms with Crippen molar-refractivity contribution in [3.63, 3.8) is 0 Å². The Morgan fingerprint density at radius 2 is 2.17 bits per heavy atom. The summed E-state index contributed by atoms with van der Waals surface area (Å²) in [5, 5.41) is 12.0. The number of hydrogen-bond acceptors (Lipinski definition) is 3. The van der Waals surface area contributed by atoms with Gasteiger partial charge in [0.1, 0.15) is 5.82 Å². The second-order valence-electron chi connectivity index (χ2n) is 7.43. The first-order chi connectivity index (χ1) is 11.6. The van der Waals surface area contributed by atoms with Crippen LogP contribution in [0.2, 0.25) is 0 Å². The van der Waals surface area contributed by atoms with Gasteiger partial charge in [-0.2, -0.15) is 0 Å². The van der Waals surface area contributed by atoms with Gasteiger partial charge in [0.2, 0.25) is 0 Å². The lowest BCUT2D eigenvalue weighted by Crippen LogP contribution is -2.54. The van der Waals surface area contributed by atoms with Crippen molar-refractivity contribution in [2.45, 2.75) is 38.3 Å². The topological polar surface area (TPSA) is 42.5 Å². The van der Waals surface area contributed by atoms with Crippen LogP contribution in [0.15, 0.2) is 18.2 Å². The van der Waals surface area contributed by atoms with Crippen LogP contribution >= 0.6 is 0 Å². The summed E-state index contributed by atoms with van der Waals surface area (Å²) in [7, 11) is 0. The molecule has 24 heavy (non-hydrogen) atoms. The molecule has 2 N–H and O–H groups in total. The minimum atomic E-state index is -0.622. The lowest BCUT2D eigenvalue weighted by atomic mass is 9.91. The van der Waals surface area contributed by atoms with E-state index in [-0.39, 0.29) is 5.82 Å². The number of likely N-dealkylation sites (tertiary alicyclic amines) is 1. The van der Waals surface area contributed by atoms with Gasteiger partial charge in [-0.3, -0.25) is 4.90 Å². The molecular weight excluding hydrogens is 305 g/mol. The molecule has 1 aromatic heterocycles. The quantitative estimate of drug-likeness (QED) is 0.908. The van der Waals surface area contributed by atoms with E-state index in [0.29, 0.717) is 6.54 Å². The van der Waals surface area contributed by atoms with Crippen LogP contribution < -0.4 is 0 Å². The van der Waals surface area contributed by atoms with Crippen LogP contribution in [0.5, 0.6) is 0 Å². The van der Waals surface area contributed by atoms with Crippen molar-refractivity contribution >= 4 is 10.9 Å². The van der Waals surface area contributed by atoms with Crippen molar-refractivity contribution in [2.75, 3.05) is 32.7 Å². The van der Waals surface area contributed by atoms with Crippen LogP contribution in [0.1, 0.15) is 31.0 Å². The first-order valence-corrected chi connectivity index (χ1v) is 9.02. The molecule has 1 fully saturated rings. The predicted molar refractivity (Wildman–Crippen MR) is 93.5 cm³/mol. The van der Waals surface area contributed by atoms with E-state index in [4.69, 9.17) is 0 Å². The number of hydrogen-bond donors (Lipinski definition) is 2. The number of piperidine rings is 1. The summed E-state index contributed by atoms with van der Waals surface area (Å²) in [6.07, 6.45) is 2.86. The van der Waals surface area contributed by atoms with Crippen LogP contribution in [0.25, 0.3) is 10.9 Å². The molecule has 3 heterocycles. The smallest absolute Gasteiger partial charge is 0.123 e. The molecule has 0 spiro atoms.